The molecule has 0 bridgehead atoms. The van der Waals surface area contributed by atoms with E-state index in [-0.39, 0.29) is 5.82 Å². The Labute approximate surface area is 130 Å². The van der Waals surface area contributed by atoms with Crippen LogP contribution in [0.1, 0.15) is 11.1 Å². The summed E-state index contributed by atoms with van der Waals surface area (Å²) in [5.74, 6) is 0.864. The molecule has 2 N–H and O–H groups in total. The Kier molecular flexibility index (Phi) is 4.65. The van der Waals surface area contributed by atoms with Gasteiger partial charge in [0.1, 0.15) is 11.6 Å². The number of rotatable bonds is 4. The first-order valence-electron chi connectivity index (χ1n) is 7.62. The van der Waals surface area contributed by atoms with Crippen molar-refractivity contribution in [2.24, 2.45) is 5.73 Å². The summed E-state index contributed by atoms with van der Waals surface area (Å²) in [6.45, 7) is 4.71. The average molecular weight is 300 g/mol. The zero-order valence-corrected chi connectivity index (χ0v) is 12.6. The van der Waals surface area contributed by atoms with E-state index in [1.54, 1.807) is 6.07 Å². The maximum atomic E-state index is 13.9. The van der Waals surface area contributed by atoms with Gasteiger partial charge in [-0.05, 0) is 23.8 Å². The molecule has 116 valence electrons. The highest BCUT2D eigenvalue weighted by atomic mass is 19.1. The van der Waals surface area contributed by atoms with Crippen molar-refractivity contribution in [3.05, 3.63) is 59.5 Å². The van der Waals surface area contributed by atoms with Crippen LogP contribution in [0.4, 0.5) is 10.2 Å². The molecule has 22 heavy (non-hydrogen) atoms. The Morgan fingerprint density at radius 1 is 1.09 bits per heavy atom. The van der Waals surface area contributed by atoms with Gasteiger partial charge in [-0.3, -0.25) is 4.90 Å². The fraction of sp³-hybridized carbons (Fsp3) is 0.353. The number of nitrogens with two attached hydrogens (primary N) is 1. The van der Waals surface area contributed by atoms with Crippen molar-refractivity contribution in [3.8, 4) is 0 Å². The molecular formula is C17H21FN4. The number of hydrogen-bond donors (Lipinski definition) is 1. The second-order valence-corrected chi connectivity index (χ2v) is 5.58. The Morgan fingerprint density at radius 3 is 2.59 bits per heavy atom. The number of piperazine rings is 1. The van der Waals surface area contributed by atoms with E-state index in [2.05, 4.69) is 14.8 Å². The van der Waals surface area contributed by atoms with Crippen LogP contribution in [0.15, 0.2) is 42.6 Å². The molecule has 1 aromatic heterocycles. The second kappa shape index (κ2) is 6.85. The van der Waals surface area contributed by atoms with E-state index in [1.807, 2.05) is 30.5 Å². The quantitative estimate of drug-likeness (QED) is 0.938. The van der Waals surface area contributed by atoms with Crippen LogP contribution in [0.2, 0.25) is 0 Å². The van der Waals surface area contributed by atoms with E-state index < -0.39 is 0 Å². The third-order valence-electron chi connectivity index (χ3n) is 4.09. The van der Waals surface area contributed by atoms with Crippen molar-refractivity contribution in [2.45, 2.75) is 13.1 Å². The number of nitrogens with zero attached hydrogens (tertiary/aromatic N) is 3. The maximum absolute atomic E-state index is 13.9. The Morgan fingerprint density at radius 2 is 1.91 bits per heavy atom. The van der Waals surface area contributed by atoms with Crippen LogP contribution in [0.25, 0.3) is 0 Å². The molecule has 0 saturated carbocycles. The van der Waals surface area contributed by atoms with E-state index in [1.165, 1.54) is 6.07 Å². The van der Waals surface area contributed by atoms with Crippen molar-refractivity contribution in [3.63, 3.8) is 0 Å². The molecule has 0 spiro atoms. The lowest BCUT2D eigenvalue weighted by atomic mass is 10.1. The first-order valence-corrected chi connectivity index (χ1v) is 7.62. The molecule has 5 heteroatoms. The van der Waals surface area contributed by atoms with Gasteiger partial charge >= 0.3 is 0 Å². The van der Waals surface area contributed by atoms with Gasteiger partial charge in [-0.2, -0.15) is 0 Å². The van der Waals surface area contributed by atoms with Gasteiger partial charge in [0.2, 0.25) is 0 Å². The molecule has 0 radical (unpaired) electrons. The van der Waals surface area contributed by atoms with Gasteiger partial charge in [-0.25, -0.2) is 9.37 Å². The maximum Gasteiger partial charge on any atom is 0.128 e. The summed E-state index contributed by atoms with van der Waals surface area (Å²) < 4.78 is 13.9. The van der Waals surface area contributed by atoms with E-state index in [0.29, 0.717) is 13.1 Å². The largest absolute Gasteiger partial charge is 0.354 e. The monoisotopic (exact) mass is 300 g/mol. The van der Waals surface area contributed by atoms with Crippen LogP contribution in [-0.2, 0) is 13.1 Å². The van der Waals surface area contributed by atoms with E-state index >= 15 is 0 Å². The first-order chi connectivity index (χ1) is 10.8. The van der Waals surface area contributed by atoms with E-state index in [0.717, 1.165) is 43.1 Å². The lowest BCUT2D eigenvalue weighted by Gasteiger charge is -2.35. The third kappa shape index (κ3) is 3.43. The lowest BCUT2D eigenvalue weighted by molar-refractivity contribution is 0.246. The van der Waals surface area contributed by atoms with Crippen molar-refractivity contribution < 1.29 is 4.39 Å². The number of anilines is 1. The summed E-state index contributed by atoms with van der Waals surface area (Å²) in [5, 5.41) is 0. The second-order valence-electron chi connectivity index (χ2n) is 5.58. The normalized spacial score (nSPS) is 16.0. The molecule has 2 aromatic rings. The molecule has 1 aliphatic heterocycles. The summed E-state index contributed by atoms with van der Waals surface area (Å²) in [7, 11) is 0. The Hall–Kier alpha value is -1.98. The zero-order chi connectivity index (χ0) is 15.4. The minimum atomic E-state index is -0.149. The molecule has 0 aliphatic carbocycles. The van der Waals surface area contributed by atoms with Crippen LogP contribution in [0.5, 0.6) is 0 Å². The van der Waals surface area contributed by atoms with Crippen LogP contribution in [-0.4, -0.2) is 36.1 Å². The van der Waals surface area contributed by atoms with E-state index in [9.17, 15) is 4.39 Å². The standard InChI is InChI=1S/C17H21FN4/c18-16-5-4-14(12-19)11-15(16)13-21-7-9-22(10-8-21)17-3-1-2-6-20-17/h1-6,11H,7-10,12-13,19H2. The Balaban J connectivity index is 1.60. The van der Waals surface area contributed by atoms with Crippen LogP contribution < -0.4 is 10.6 Å². The zero-order valence-electron chi connectivity index (χ0n) is 12.6. The first kappa shape index (κ1) is 14.9. The molecule has 3 rings (SSSR count). The molecule has 0 atom stereocenters. The SMILES string of the molecule is NCc1ccc(F)c(CN2CCN(c3ccccn3)CC2)c1. The summed E-state index contributed by atoms with van der Waals surface area (Å²) in [6, 6.07) is 11.1. The molecule has 1 aromatic carbocycles. The third-order valence-corrected chi connectivity index (χ3v) is 4.09. The predicted molar refractivity (Wildman–Crippen MR) is 86.0 cm³/mol. The number of hydrogen-bond acceptors (Lipinski definition) is 4. The molecule has 2 heterocycles. The Bertz CT molecular complexity index is 609. The van der Waals surface area contributed by atoms with E-state index in [4.69, 9.17) is 5.73 Å². The van der Waals surface area contributed by atoms with Gasteiger partial charge in [0, 0.05) is 51.0 Å². The number of aromatic nitrogens is 1. The number of halogens is 1. The molecule has 1 aliphatic rings. The van der Waals surface area contributed by atoms with Crippen molar-refractivity contribution >= 4 is 5.82 Å². The predicted octanol–water partition coefficient (Wildman–Crippen LogP) is 2.00. The van der Waals surface area contributed by atoms with Gasteiger partial charge in [0.05, 0.1) is 0 Å². The molecule has 1 saturated heterocycles. The van der Waals surface area contributed by atoms with Gasteiger partial charge in [-0.15, -0.1) is 0 Å². The van der Waals surface area contributed by atoms with Crippen molar-refractivity contribution in [2.75, 3.05) is 31.1 Å². The minimum Gasteiger partial charge on any atom is -0.354 e. The number of benzene rings is 1. The molecule has 0 amide bonds. The molecule has 1 fully saturated rings. The van der Waals surface area contributed by atoms with Crippen LogP contribution >= 0.6 is 0 Å². The van der Waals surface area contributed by atoms with Gasteiger partial charge in [-0.1, -0.05) is 18.2 Å². The lowest BCUT2D eigenvalue weighted by Crippen LogP contribution is -2.46. The summed E-state index contributed by atoms with van der Waals surface area (Å²) in [5.41, 5.74) is 7.34. The molecule has 4 nitrogen and oxygen atoms in total. The average Bonchev–Trinajstić information content (AvgIpc) is 2.58. The van der Waals surface area contributed by atoms with Gasteiger partial charge in [0.15, 0.2) is 0 Å². The fourth-order valence-electron chi connectivity index (χ4n) is 2.79. The summed E-state index contributed by atoms with van der Waals surface area (Å²) >= 11 is 0. The van der Waals surface area contributed by atoms with Crippen LogP contribution in [0, 0.1) is 5.82 Å². The van der Waals surface area contributed by atoms with Gasteiger partial charge in [0.25, 0.3) is 0 Å². The minimum absolute atomic E-state index is 0.149. The van der Waals surface area contributed by atoms with Crippen LogP contribution in [0.3, 0.4) is 0 Å². The van der Waals surface area contributed by atoms with Crippen molar-refractivity contribution in [1.29, 1.82) is 0 Å². The van der Waals surface area contributed by atoms with Gasteiger partial charge < -0.3 is 10.6 Å². The molecular weight excluding hydrogens is 279 g/mol. The van der Waals surface area contributed by atoms with Crippen molar-refractivity contribution in [1.82, 2.24) is 9.88 Å². The highest BCUT2D eigenvalue weighted by Crippen LogP contribution is 2.17. The number of pyridine rings is 1. The highest BCUT2D eigenvalue weighted by Gasteiger charge is 2.18. The topological polar surface area (TPSA) is 45.4 Å². The smallest absolute Gasteiger partial charge is 0.128 e. The summed E-state index contributed by atoms with van der Waals surface area (Å²) in [6.07, 6.45) is 1.81. The molecule has 0 unspecified atom stereocenters. The fourth-order valence-corrected chi connectivity index (χ4v) is 2.79. The summed E-state index contributed by atoms with van der Waals surface area (Å²) in [4.78, 5) is 8.92. The highest BCUT2D eigenvalue weighted by molar-refractivity contribution is 5.38.